The average Bonchev–Trinajstić information content (AvgIpc) is 3.16. The van der Waals surface area contributed by atoms with Crippen molar-refractivity contribution in [1.82, 2.24) is 15.0 Å². The molecular formula is C34H25FN9Na3O13S4. The predicted octanol–water partition coefficient (Wildman–Crippen LogP) is -5.03. The van der Waals surface area contributed by atoms with Gasteiger partial charge in [0.2, 0.25) is 22.3 Å². The first kappa shape index (κ1) is 54.7. The number of nitrogens with zero attached hydrogens (tertiary/aromatic N) is 5. The molecule has 64 heavy (non-hydrogen) atoms. The molecule has 5 aromatic carbocycles. The fourth-order valence-corrected chi connectivity index (χ4v) is 7.88. The topological polar surface area (TPSA) is 358 Å². The molecule has 5 N–H and O–H groups in total. The number of hydrogen-bond acceptors (Lipinski definition) is 21. The largest absolute Gasteiger partial charge is 1.00 e. The zero-order chi connectivity index (χ0) is 44.3. The maximum absolute atomic E-state index is 14.6. The summed E-state index contributed by atoms with van der Waals surface area (Å²) in [5.74, 6) is -2.09. The monoisotopic (exact) mass is 983 g/mol. The molecular weight excluding hydrogens is 959 g/mol. The van der Waals surface area contributed by atoms with Gasteiger partial charge in [0.15, 0.2) is 9.84 Å². The van der Waals surface area contributed by atoms with Crippen LogP contribution in [0.3, 0.4) is 0 Å². The number of amides is 1. The van der Waals surface area contributed by atoms with Crippen molar-refractivity contribution in [1.29, 1.82) is 0 Å². The van der Waals surface area contributed by atoms with Gasteiger partial charge in [-0.2, -0.15) is 19.3 Å². The third-order valence-corrected chi connectivity index (χ3v) is 12.0. The molecule has 1 heterocycles. The molecule has 6 aromatic rings. The molecule has 0 spiro atoms. The molecule has 1 amide bonds. The number of carbonyl (C=O) groups is 1. The summed E-state index contributed by atoms with van der Waals surface area (Å²) in [7, 11) is -19.0. The molecule has 0 saturated carbocycles. The van der Waals surface area contributed by atoms with E-state index < -0.39 is 86.2 Å². The number of anilines is 6. The summed E-state index contributed by atoms with van der Waals surface area (Å²) in [6.45, 7) is -0.872. The second-order valence-electron chi connectivity index (χ2n) is 12.3. The number of hydrogen-bond donors (Lipinski definition) is 4. The van der Waals surface area contributed by atoms with Gasteiger partial charge in [-0.15, -0.1) is 10.2 Å². The number of aromatic nitrogens is 3. The molecule has 0 saturated heterocycles. The van der Waals surface area contributed by atoms with Crippen LogP contribution in [0.15, 0.2) is 122 Å². The van der Waals surface area contributed by atoms with Crippen LogP contribution in [0, 0.1) is 6.08 Å². The van der Waals surface area contributed by atoms with Crippen molar-refractivity contribution in [3.05, 3.63) is 109 Å². The number of carbonyl (C=O) groups excluding carboxylic acids is 1. The quantitative estimate of drug-likeness (QED) is 0.0246. The van der Waals surface area contributed by atoms with Crippen LogP contribution in [0.2, 0.25) is 0 Å². The van der Waals surface area contributed by atoms with Crippen molar-refractivity contribution in [3.8, 4) is 0 Å². The third-order valence-electron chi connectivity index (χ3n) is 8.09. The van der Waals surface area contributed by atoms with Crippen LogP contribution in [0.25, 0.3) is 10.8 Å². The van der Waals surface area contributed by atoms with Crippen LogP contribution in [-0.2, 0) is 44.7 Å². The van der Waals surface area contributed by atoms with E-state index in [2.05, 4.69) is 45.3 Å². The van der Waals surface area contributed by atoms with Crippen LogP contribution in [0.4, 0.5) is 50.4 Å². The fourth-order valence-electron chi connectivity index (χ4n) is 5.30. The molecule has 0 radical (unpaired) electrons. The molecule has 0 aliphatic carbocycles. The van der Waals surface area contributed by atoms with Crippen LogP contribution in [0.1, 0.15) is 10.4 Å². The Kier molecular flexibility index (Phi) is 19.0. The maximum atomic E-state index is 14.6. The van der Waals surface area contributed by atoms with E-state index in [1.54, 1.807) is 0 Å². The molecule has 0 aliphatic rings. The molecule has 30 heteroatoms. The van der Waals surface area contributed by atoms with Crippen molar-refractivity contribution < 1.29 is 149 Å². The molecule has 0 atom stereocenters. The smallest absolute Gasteiger partial charge is 0.744 e. The maximum Gasteiger partial charge on any atom is 1.00 e. The zero-order valence-corrected chi connectivity index (χ0v) is 42.5. The van der Waals surface area contributed by atoms with Gasteiger partial charge in [0.25, 0.3) is 5.91 Å². The summed E-state index contributed by atoms with van der Waals surface area (Å²) in [6.07, 6.45) is -1.25. The molecule has 1 aromatic heterocycles. The van der Waals surface area contributed by atoms with E-state index in [0.717, 1.165) is 42.5 Å². The summed E-state index contributed by atoms with van der Waals surface area (Å²) >= 11 is 0. The van der Waals surface area contributed by atoms with Crippen molar-refractivity contribution >= 4 is 103 Å². The van der Waals surface area contributed by atoms with Gasteiger partial charge in [-0.3, -0.25) is 8.98 Å². The number of halogens is 1. The van der Waals surface area contributed by atoms with Crippen molar-refractivity contribution in [2.45, 2.75) is 14.7 Å². The minimum absolute atomic E-state index is 0. The van der Waals surface area contributed by atoms with Crippen LogP contribution >= 0.6 is 0 Å². The standard InChI is InChI=1S/C34H28FN9O13S4.3Na/c35-32-40-33(38-22-4-1-19(2-5-22)31(45)37-21-6-9-24(10-7-21)58(46,47)16-15-57-61(54,55)56)42-34(41-32)39-23-8-14-29(60(51,52)53)28(18-23)43-44-30-26-12-11-25(59(48,49)50)17-20(26)3-13-27(30)36;;;/h1-14,17-18H,15-16,36H2,(H,37,45)(H,48,49,50)(H,51,52,53)(H,54,55,56)(H2,38,39,40,41,42);;;/q;3*+1/p-3. The van der Waals surface area contributed by atoms with Gasteiger partial charge < -0.3 is 35.3 Å². The Bertz CT molecular complexity index is 3200. The van der Waals surface area contributed by atoms with E-state index in [-0.39, 0.29) is 144 Å². The summed E-state index contributed by atoms with van der Waals surface area (Å²) in [5.41, 5.74) is 6.18. The second-order valence-corrected chi connectivity index (χ2v) is 18.2. The van der Waals surface area contributed by atoms with Gasteiger partial charge in [-0.1, -0.05) is 12.1 Å². The van der Waals surface area contributed by atoms with E-state index in [9.17, 15) is 56.5 Å². The first-order valence-corrected chi connectivity index (χ1v) is 22.4. The first-order valence-electron chi connectivity index (χ1n) is 16.6. The van der Waals surface area contributed by atoms with Gasteiger partial charge in [0, 0.05) is 28.0 Å². The van der Waals surface area contributed by atoms with E-state index in [4.69, 9.17) is 5.73 Å². The minimum Gasteiger partial charge on any atom is -0.744 e. The van der Waals surface area contributed by atoms with E-state index in [0.29, 0.717) is 0 Å². The molecule has 22 nitrogen and oxygen atoms in total. The number of benzene rings is 5. The Balaban J connectivity index is 0.00000363. The average molecular weight is 984 g/mol. The Morgan fingerprint density at radius 3 is 1.84 bits per heavy atom. The molecule has 318 valence electrons. The summed E-state index contributed by atoms with van der Waals surface area (Å²) < 4.78 is 146. The fraction of sp³-hybridized carbons (Fsp3) is 0.0588. The summed E-state index contributed by atoms with van der Waals surface area (Å²) in [6, 6.07) is 19.8. The number of azo groups is 1. The number of fused-ring (bicyclic) bond motifs is 1. The van der Waals surface area contributed by atoms with Crippen LogP contribution < -0.4 is 110 Å². The van der Waals surface area contributed by atoms with Crippen molar-refractivity contribution in [2.24, 2.45) is 10.2 Å². The van der Waals surface area contributed by atoms with Crippen LogP contribution in [-0.4, -0.2) is 80.5 Å². The van der Waals surface area contributed by atoms with Crippen molar-refractivity contribution in [3.63, 3.8) is 0 Å². The van der Waals surface area contributed by atoms with Crippen LogP contribution in [0.5, 0.6) is 0 Å². The zero-order valence-electron chi connectivity index (χ0n) is 33.3. The Labute approximate surface area is 430 Å². The second kappa shape index (κ2) is 22.3. The number of rotatable bonds is 15. The molecule has 0 unspecified atom stereocenters. The van der Waals surface area contributed by atoms with E-state index in [1.165, 1.54) is 54.6 Å². The Hall–Kier alpha value is -3.59. The summed E-state index contributed by atoms with van der Waals surface area (Å²) in [4.78, 5) is 22.6. The molecule has 6 rings (SSSR count). The van der Waals surface area contributed by atoms with Gasteiger partial charge in [-0.05, 0) is 90.3 Å². The SMILES string of the molecule is Nc1ccc2cc(S(=O)(=O)[O-])ccc2c1N=Nc1cc(Nc2nc(F)nc(Nc3ccc(C(=O)Nc4ccc(S(=O)(=O)CCOS(=O)(=O)[O-])cc4)cc3)n2)ccc1S(=O)(=O)[O-].[Na+].[Na+].[Na+]. The van der Waals surface area contributed by atoms with Gasteiger partial charge in [-0.25, -0.2) is 33.7 Å². The molecule has 0 fully saturated rings. The van der Waals surface area contributed by atoms with Gasteiger partial charge in [0.1, 0.15) is 31.6 Å². The first-order chi connectivity index (χ1) is 28.5. The Morgan fingerprint density at radius 2 is 1.25 bits per heavy atom. The number of nitrogens with two attached hydrogens (primary N) is 1. The van der Waals surface area contributed by atoms with Gasteiger partial charge in [0.05, 0.1) is 32.7 Å². The third kappa shape index (κ3) is 14.7. The molecule has 0 bridgehead atoms. The minimum atomic E-state index is -5.13. The number of nitrogen functional groups attached to an aromatic ring is 1. The predicted molar refractivity (Wildman–Crippen MR) is 210 cm³/mol. The Morgan fingerprint density at radius 1 is 0.672 bits per heavy atom. The van der Waals surface area contributed by atoms with E-state index in [1.807, 2.05) is 0 Å². The normalized spacial score (nSPS) is 11.8. The van der Waals surface area contributed by atoms with Crippen molar-refractivity contribution in [2.75, 3.05) is 34.0 Å². The molecule has 0 aliphatic heterocycles. The van der Waals surface area contributed by atoms with E-state index >= 15 is 0 Å². The summed E-state index contributed by atoms with van der Waals surface area (Å²) in [5, 5.41) is 16.4. The number of nitrogens with one attached hydrogen (secondary N) is 3. The van der Waals surface area contributed by atoms with Gasteiger partial charge >= 0.3 is 94.8 Å². The number of sulfone groups is 1.